The number of hydrogen-bond acceptors (Lipinski definition) is 4. The second-order valence-electron chi connectivity index (χ2n) is 7.97. The third kappa shape index (κ3) is 4.57. The van der Waals surface area contributed by atoms with E-state index in [1.807, 2.05) is 43.4 Å². The highest BCUT2D eigenvalue weighted by Gasteiger charge is 2.46. The Morgan fingerprint density at radius 3 is 2.40 bits per heavy atom. The summed E-state index contributed by atoms with van der Waals surface area (Å²) in [5.74, 6) is -3.51. The molecule has 1 saturated heterocycles. The lowest BCUT2D eigenvalue weighted by Gasteiger charge is -2.51. The number of benzene rings is 2. The lowest BCUT2D eigenvalue weighted by atomic mass is 9.83. The van der Waals surface area contributed by atoms with Crippen molar-refractivity contribution in [1.29, 1.82) is 0 Å². The summed E-state index contributed by atoms with van der Waals surface area (Å²) in [4.78, 5) is 14.5. The quantitative estimate of drug-likeness (QED) is 0.493. The van der Waals surface area contributed by atoms with Gasteiger partial charge in [0.05, 0.1) is 22.5 Å². The van der Waals surface area contributed by atoms with E-state index >= 15 is 0 Å². The number of halogens is 4. The van der Waals surface area contributed by atoms with Gasteiger partial charge in [0, 0.05) is 28.7 Å². The molecule has 1 aliphatic heterocycles. The molecule has 0 aliphatic carbocycles. The molecule has 3 rings (SSSR count). The van der Waals surface area contributed by atoms with Crippen LogP contribution < -0.4 is 16.4 Å². The third-order valence-electron chi connectivity index (χ3n) is 5.22. The fourth-order valence-corrected chi connectivity index (χ4v) is 3.95. The van der Waals surface area contributed by atoms with E-state index in [1.165, 1.54) is 23.1 Å². The summed E-state index contributed by atoms with van der Waals surface area (Å²) >= 11 is 1.94. The maximum absolute atomic E-state index is 14.6. The van der Waals surface area contributed by atoms with Gasteiger partial charge in [-0.3, -0.25) is 4.79 Å². The largest absolute Gasteiger partial charge is 0.350 e. The first-order chi connectivity index (χ1) is 14.0. The predicted molar refractivity (Wildman–Crippen MR) is 119 cm³/mol. The molecule has 0 bridgehead atoms. The Labute approximate surface area is 187 Å². The van der Waals surface area contributed by atoms with Gasteiger partial charge >= 0.3 is 0 Å². The molecule has 5 nitrogen and oxygen atoms in total. The molecule has 162 valence electrons. The highest BCUT2D eigenvalue weighted by atomic mass is 127. The molecule has 0 aromatic heterocycles. The fourth-order valence-electron chi connectivity index (χ4n) is 3.49. The van der Waals surface area contributed by atoms with Crippen LogP contribution in [-0.4, -0.2) is 41.5 Å². The number of carbonyl (C=O) groups is 1. The van der Waals surface area contributed by atoms with Crippen molar-refractivity contribution >= 4 is 39.9 Å². The number of carbonyl (C=O) groups excluding carboxylic acids is 1. The molecule has 9 heteroatoms. The SMILES string of the molecule is CC(C)NC(C)C1(N)CN(C(=O)c2ccc(F)c(F)c2Nc2ccc(I)cc2F)C1. The Balaban J connectivity index is 1.85. The summed E-state index contributed by atoms with van der Waals surface area (Å²) in [6, 6.07) is 6.55. The van der Waals surface area contributed by atoms with E-state index in [-0.39, 0.29) is 36.4 Å². The van der Waals surface area contributed by atoms with E-state index in [4.69, 9.17) is 5.73 Å². The van der Waals surface area contributed by atoms with Gasteiger partial charge in [-0.25, -0.2) is 13.2 Å². The van der Waals surface area contributed by atoms with Crippen LogP contribution in [0.1, 0.15) is 31.1 Å². The predicted octanol–water partition coefficient (Wildman–Crippen LogP) is 3.99. The summed E-state index contributed by atoms with van der Waals surface area (Å²) in [6.45, 7) is 6.49. The minimum atomic E-state index is -1.24. The zero-order chi connectivity index (χ0) is 22.2. The number of nitrogens with one attached hydrogen (secondary N) is 2. The summed E-state index contributed by atoms with van der Waals surface area (Å²) < 4.78 is 43.3. The van der Waals surface area contributed by atoms with Crippen LogP contribution in [0.5, 0.6) is 0 Å². The minimum Gasteiger partial charge on any atom is -0.350 e. The van der Waals surface area contributed by atoms with E-state index in [9.17, 15) is 18.0 Å². The molecule has 1 unspecified atom stereocenters. The Kier molecular flexibility index (Phi) is 6.63. The van der Waals surface area contributed by atoms with E-state index in [1.54, 1.807) is 6.07 Å². The standard InChI is InChI=1S/C21H24F3IN4O/c1-11(2)27-12(3)21(26)9-29(10-21)20(30)14-5-6-15(22)18(24)19(14)28-17-7-4-13(25)8-16(17)23/h4-8,11-12,27-28H,9-10,26H2,1-3H3. The monoisotopic (exact) mass is 532 g/mol. The Morgan fingerprint density at radius 2 is 1.80 bits per heavy atom. The lowest BCUT2D eigenvalue weighted by Crippen LogP contribution is -2.76. The first-order valence-corrected chi connectivity index (χ1v) is 10.6. The number of rotatable bonds is 6. The van der Waals surface area contributed by atoms with Gasteiger partial charge in [-0.05, 0) is 59.8 Å². The van der Waals surface area contributed by atoms with Gasteiger partial charge in [0.2, 0.25) is 0 Å². The highest BCUT2D eigenvalue weighted by Crippen LogP contribution is 2.32. The first kappa shape index (κ1) is 22.8. The zero-order valence-corrected chi connectivity index (χ0v) is 19.1. The van der Waals surface area contributed by atoms with Gasteiger partial charge in [-0.2, -0.15) is 0 Å². The van der Waals surface area contributed by atoms with Crippen molar-refractivity contribution in [3.05, 3.63) is 56.9 Å². The molecule has 1 atom stereocenters. The topological polar surface area (TPSA) is 70.4 Å². The van der Waals surface area contributed by atoms with Crippen molar-refractivity contribution in [3.63, 3.8) is 0 Å². The van der Waals surface area contributed by atoms with Crippen LogP contribution in [0.15, 0.2) is 30.3 Å². The Hall–Kier alpha value is -1.85. The summed E-state index contributed by atoms with van der Waals surface area (Å²) in [5, 5.41) is 5.87. The second-order valence-corrected chi connectivity index (χ2v) is 9.22. The smallest absolute Gasteiger partial charge is 0.256 e. The highest BCUT2D eigenvalue weighted by molar-refractivity contribution is 14.1. The van der Waals surface area contributed by atoms with Crippen LogP contribution in [0.2, 0.25) is 0 Å². The first-order valence-electron chi connectivity index (χ1n) is 9.56. The number of nitrogens with two attached hydrogens (primary N) is 1. The molecule has 0 spiro atoms. The van der Waals surface area contributed by atoms with Gasteiger partial charge in [-0.15, -0.1) is 0 Å². The van der Waals surface area contributed by atoms with Gasteiger partial charge in [0.25, 0.3) is 5.91 Å². The number of amides is 1. The van der Waals surface area contributed by atoms with Crippen LogP contribution in [-0.2, 0) is 0 Å². The average Bonchev–Trinajstić information content (AvgIpc) is 2.63. The number of hydrogen-bond donors (Lipinski definition) is 3. The molecular weight excluding hydrogens is 508 g/mol. The maximum atomic E-state index is 14.6. The average molecular weight is 532 g/mol. The molecule has 2 aromatic rings. The Morgan fingerprint density at radius 1 is 1.13 bits per heavy atom. The summed E-state index contributed by atoms with van der Waals surface area (Å²) in [7, 11) is 0. The van der Waals surface area contributed by atoms with Crippen molar-refractivity contribution in [2.45, 2.75) is 38.4 Å². The van der Waals surface area contributed by atoms with Crippen molar-refractivity contribution < 1.29 is 18.0 Å². The van der Waals surface area contributed by atoms with Crippen LogP contribution in [0.4, 0.5) is 24.5 Å². The molecular formula is C21H24F3IN4O. The maximum Gasteiger partial charge on any atom is 0.256 e. The Bertz CT molecular complexity index is 964. The van der Waals surface area contributed by atoms with E-state index in [0.29, 0.717) is 3.57 Å². The molecule has 1 fully saturated rings. The third-order valence-corrected chi connectivity index (χ3v) is 5.89. The summed E-state index contributed by atoms with van der Waals surface area (Å²) in [6.07, 6.45) is 0. The number of nitrogens with zero attached hydrogens (tertiary/aromatic N) is 1. The number of likely N-dealkylation sites (tertiary alicyclic amines) is 1. The van der Waals surface area contributed by atoms with Crippen LogP contribution in [0, 0.1) is 21.0 Å². The molecule has 1 amide bonds. The van der Waals surface area contributed by atoms with Crippen molar-refractivity contribution in [2.24, 2.45) is 5.73 Å². The number of anilines is 2. The van der Waals surface area contributed by atoms with E-state index < -0.39 is 34.6 Å². The van der Waals surface area contributed by atoms with Gasteiger partial charge in [0.1, 0.15) is 5.82 Å². The molecule has 0 saturated carbocycles. The fraction of sp³-hybridized carbons (Fsp3) is 0.381. The van der Waals surface area contributed by atoms with Crippen molar-refractivity contribution in [3.8, 4) is 0 Å². The zero-order valence-electron chi connectivity index (χ0n) is 16.9. The van der Waals surface area contributed by atoms with Crippen molar-refractivity contribution in [1.82, 2.24) is 10.2 Å². The minimum absolute atomic E-state index is 0.0370. The molecule has 4 N–H and O–H groups in total. The molecule has 30 heavy (non-hydrogen) atoms. The molecule has 1 aliphatic rings. The van der Waals surface area contributed by atoms with Crippen molar-refractivity contribution in [2.75, 3.05) is 18.4 Å². The van der Waals surface area contributed by atoms with Crippen LogP contribution in [0.3, 0.4) is 0 Å². The lowest BCUT2D eigenvalue weighted by molar-refractivity contribution is 0.0307. The van der Waals surface area contributed by atoms with E-state index in [2.05, 4.69) is 10.6 Å². The van der Waals surface area contributed by atoms with Gasteiger partial charge in [-0.1, -0.05) is 13.8 Å². The van der Waals surface area contributed by atoms with E-state index in [0.717, 1.165) is 6.07 Å². The van der Waals surface area contributed by atoms with Crippen LogP contribution >= 0.6 is 22.6 Å². The van der Waals surface area contributed by atoms with Gasteiger partial charge in [0.15, 0.2) is 11.6 Å². The normalized spacial score (nSPS) is 16.4. The van der Waals surface area contributed by atoms with Crippen LogP contribution in [0.25, 0.3) is 0 Å². The molecule has 2 aromatic carbocycles. The van der Waals surface area contributed by atoms with Gasteiger partial charge < -0.3 is 21.3 Å². The molecule has 1 heterocycles. The summed E-state index contributed by atoms with van der Waals surface area (Å²) in [5.41, 5.74) is 5.24. The second kappa shape index (κ2) is 8.72. The molecule has 0 radical (unpaired) electrons.